The summed E-state index contributed by atoms with van der Waals surface area (Å²) in [5, 5.41) is 28.3. The van der Waals surface area contributed by atoms with Crippen molar-refractivity contribution in [3.05, 3.63) is 34.4 Å². The molecule has 0 aliphatic carbocycles. The third kappa shape index (κ3) is 3.73. The van der Waals surface area contributed by atoms with Gasteiger partial charge in [-0.2, -0.15) is 4.72 Å². The second kappa shape index (κ2) is 6.41. The molecular weight excluding hydrogens is 292 g/mol. The highest BCUT2D eigenvalue weighted by Crippen LogP contribution is 2.23. The van der Waals surface area contributed by atoms with Crippen LogP contribution in [0.1, 0.15) is 6.42 Å². The molecule has 1 rings (SSSR count). The van der Waals surface area contributed by atoms with Crippen LogP contribution in [0.2, 0.25) is 0 Å². The third-order valence-electron chi connectivity index (χ3n) is 2.36. The summed E-state index contributed by atoms with van der Waals surface area (Å²) >= 11 is 0. The lowest BCUT2D eigenvalue weighted by Gasteiger charge is -2.13. The molecular formula is C10H12N2O7S. The molecule has 0 aliphatic heterocycles. The highest BCUT2D eigenvalue weighted by Gasteiger charge is 2.30. The van der Waals surface area contributed by atoms with E-state index in [9.17, 15) is 23.3 Å². The van der Waals surface area contributed by atoms with Gasteiger partial charge in [-0.3, -0.25) is 14.9 Å². The minimum absolute atomic E-state index is 0.352. The molecule has 0 saturated carbocycles. The van der Waals surface area contributed by atoms with Crippen molar-refractivity contribution in [3.63, 3.8) is 0 Å². The van der Waals surface area contributed by atoms with Crippen molar-refractivity contribution in [3.8, 4) is 0 Å². The molecule has 0 aromatic heterocycles. The van der Waals surface area contributed by atoms with Crippen LogP contribution in [0.3, 0.4) is 0 Å². The van der Waals surface area contributed by atoms with Crippen LogP contribution in [-0.4, -0.2) is 42.2 Å². The normalized spacial score (nSPS) is 12.8. The fraction of sp³-hybridized carbons (Fsp3) is 0.300. The third-order valence-corrected chi connectivity index (χ3v) is 3.88. The Hall–Kier alpha value is -2.04. The number of nitrogens with one attached hydrogen (secondary N) is 1. The van der Waals surface area contributed by atoms with E-state index >= 15 is 0 Å². The summed E-state index contributed by atoms with van der Waals surface area (Å²) in [6.07, 6.45) is -0.352. The first-order chi connectivity index (χ1) is 9.29. The van der Waals surface area contributed by atoms with Crippen molar-refractivity contribution in [2.24, 2.45) is 0 Å². The van der Waals surface area contributed by atoms with E-state index in [2.05, 4.69) is 0 Å². The number of nitro benzene ring substituents is 1. The minimum Gasteiger partial charge on any atom is -0.480 e. The van der Waals surface area contributed by atoms with Gasteiger partial charge in [0.1, 0.15) is 6.04 Å². The quantitative estimate of drug-likeness (QED) is 0.463. The van der Waals surface area contributed by atoms with Crippen LogP contribution in [0.25, 0.3) is 0 Å². The van der Waals surface area contributed by atoms with Crippen molar-refractivity contribution in [2.75, 3.05) is 6.61 Å². The van der Waals surface area contributed by atoms with Crippen molar-refractivity contribution in [2.45, 2.75) is 17.4 Å². The molecule has 20 heavy (non-hydrogen) atoms. The van der Waals surface area contributed by atoms with Crippen molar-refractivity contribution in [1.29, 1.82) is 0 Å². The first-order valence-corrected chi connectivity index (χ1v) is 6.87. The monoisotopic (exact) mass is 304 g/mol. The molecule has 3 N–H and O–H groups in total. The number of aliphatic hydroxyl groups is 1. The lowest BCUT2D eigenvalue weighted by molar-refractivity contribution is -0.387. The van der Waals surface area contributed by atoms with E-state index in [1.54, 1.807) is 0 Å². The number of nitrogens with zero attached hydrogens (tertiary/aromatic N) is 1. The van der Waals surface area contributed by atoms with Crippen LogP contribution in [0, 0.1) is 10.1 Å². The number of rotatable bonds is 7. The lowest BCUT2D eigenvalue weighted by atomic mass is 10.2. The Bertz CT molecular complexity index is 614. The van der Waals surface area contributed by atoms with Crippen LogP contribution >= 0.6 is 0 Å². The number of carboxylic acid groups (broad SMARTS) is 1. The number of hydrogen-bond donors (Lipinski definition) is 3. The van der Waals surface area contributed by atoms with Crippen molar-refractivity contribution >= 4 is 21.7 Å². The maximum atomic E-state index is 12.0. The topological polar surface area (TPSA) is 147 Å². The van der Waals surface area contributed by atoms with E-state index in [1.807, 2.05) is 4.72 Å². The highest BCUT2D eigenvalue weighted by atomic mass is 32.2. The van der Waals surface area contributed by atoms with E-state index in [0.29, 0.717) is 0 Å². The molecule has 1 aromatic carbocycles. The van der Waals surface area contributed by atoms with Gasteiger partial charge in [-0.25, -0.2) is 8.42 Å². The SMILES string of the molecule is O=C(O)[C@H](CCO)NS(=O)(=O)c1ccccc1[N+](=O)[O-]. The molecule has 0 bridgehead atoms. The van der Waals surface area contributed by atoms with Gasteiger partial charge < -0.3 is 10.2 Å². The van der Waals surface area contributed by atoms with Gasteiger partial charge in [0.05, 0.1) is 4.92 Å². The standard InChI is InChI=1S/C10H12N2O7S/c13-6-5-7(10(14)15)11-20(18,19)9-4-2-1-3-8(9)12(16)17/h1-4,7,11,13H,5-6H2,(H,14,15)/t7-/m0/s1. The zero-order chi connectivity index (χ0) is 15.3. The molecule has 0 radical (unpaired) electrons. The number of carbonyl (C=O) groups is 1. The van der Waals surface area contributed by atoms with E-state index in [-0.39, 0.29) is 6.42 Å². The van der Waals surface area contributed by atoms with Gasteiger partial charge in [-0.05, 0) is 12.5 Å². The number of nitro groups is 1. The Morgan fingerprint density at radius 3 is 2.50 bits per heavy atom. The van der Waals surface area contributed by atoms with E-state index in [4.69, 9.17) is 10.2 Å². The number of aliphatic carboxylic acids is 1. The van der Waals surface area contributed by atoms with E-state index in [0.717, 1.165) is 12.1 Å². The van der Waals surface area contributed by atoms with Gasteiger partial charge in [0.25, 0.3) is 5.69 Å². The molecule has 1 atom stereocenters. The Morgan fingerprint density at radius 1 is 1.40 bits per heavy atom. The average Bonchev–Trinajstić information content (AvgIpc) is 2.38. The maximum absolute atomic E-state index is 12.0. The summed E-state index contributed by atoms with van der Waals surface area (Å²) in [5.74, 6) is -1.48. The largest absolute Gasteiger partial charge is 0.480 e. The fourth-order valence-electron chi connectivity index (χ4n) is 1.45. The van der Waals surface area contributed by atoms with Crippen molar-refractivity contribution in [1.82, 2.24) is 4.72 Å². The number of sulfonamides is 1. The maximum Gasteiger partial charge on any atom is 0.321 e. The number of para-hydroxylation sites is 1. The van der Waals surface area contributed by atoms with Crippen molar-refractivity contribution < 1.29 is 28.3 Å². The van der Waals surface area contributed by atoms with Crippen LogP contribution in [0.15, 0.2) is 29.2 Å². The van der Waals surface area contributed by atoms with Gasteiger partial charge in [0, 0.05) is 12.7 Å². The zero-order valence-electron chi connectivity index (χ0n) is 10.1. The molecule has 0 amide bonds. The number of carboxylic acids is 1. The summed E-state index contributed by atoms with van der Waals surface area (Å²) in [7, 11) is -4.39. The average molecular weight is 304 g/mol. The predicted molar refractivity (Wildman–Crippen MR) is 66.5 cm³/mol. The molecule has 0 spiro atoms. The number of aliphatic hydroxyl groups excluding tert-OH is 1. The van der Waals surface area contributed by atoms with Crippen LogP contribution in [0.5, 0.6) is 0 Å². The van der Waals surface area contributed by atoms with E-state index in [1.165, 1.54) is 12.1 Å². The first-order valence-electron chi connectivity index (χ1n) is 5.39. The molecule has 0 fully saturated rings. The van der Waals surface area contributed by atoms with Gasteiger partial charge in [0.2, 0.25) is 10.0 Å². The van der Waals surface area contributed by atoms with Gasteiger partial charge in [0.15, 0.2) is 4.90 Å². The van der Waals surface area contributed by atoms with E-state index < -0.39 is 44.1 Å². The molecule has 9 nitrogen and oxygen atoms in total. The zero-order valence-corrected chi connectivity index (χ0v) is 10.9. The summed E-state index contributed by atoms with van der Waals surface area (Å²) in [5.41, 5.74) is -0.659. The molecule has 110 valence electrons. The molecule has 0 saturated heterocycles. The Morgan fingerprint density at radius 2 is 2.00 bits per heavy atom. The second-order valence-electron chi connectivity index (χ2n) is 3.75. The van der Waals surface area contributed by atoms with Gasteiger partial charge in [-0.15, -0.1) is 0 Å². The lowest BCUT2D eigenvalue weighted by Crippen LogP contribution is -2.41. The number of benzene rings is 1. The smallest absolute Gasteiger partial charge is 0.321 e. The molecule has 0 aliphatic rings. The molecule has 0 unspecified atom stereocenters. The molecule has 1 aromatic rings. The Labute approximate surface area is 114 Å². The van der Waals surface area contributed by atoms with Crippen LogP contribution in [0.4, 0.5) is 5.69 Å². The predicted octanol–water partition coefficient (Wildman–Crippen LogP) is -0.291. The fourth-order valence-corrected chi connectivity index (χ4v) is 2.84. The summed E-state index contributed by atoms with van der Waals surface area (Å²) in [4.78, 5) is 20.1. The summed E-state index contributed by atoms with van der Waals surface area (Å²) < 4.78 is 25.8. The van der Waals surface area contributed by atoms with Crippen LogP contribution in [-0.2, 0) is 14.8 Å². The summed E-state index contributed by atoms with van der Waals surface area (Å²) in [6.45, 7) is -0.545. The highest BCUT2D eigenvalue weighted by molar-refractivity contribution is 7.89. The second-order valence-corrected chi connectivity index (χ2v) is 5.43. The number of hydrogen-bond acceptors (Lipinski definition) is 6. The van der Waals surface area contributed by atoms with Gasteiger partial charge >= 0.3 is 5.97 Å². The molecule has 10 heteroatoms. The summed E-state index contributed by atoms with van der Waals surface area (Å²) in [6, 6.07) is 3.00. The Balaban J connectivity index is 3.17. The molecule has 0 heterocycles. The first kappa shape index (κ1) is 16.0. The Kier molecular flexibility index (Phi) is 5.13. The van der Waals surface area contributed by atoms with Crippen LogP contribution < -0.4 is 4.72 Å². The van der Waals surface area contributed by atoms with Gasteiger partial charge in [-0.1, -0.05) is 12.1 Å². The minimum atomic E-state index is -4.39.